The van der Waals surface area contributed by atoms with Crippen molar-refractivity contribution >= 4 is 5.91 Å². The maximum absolute atomic E-state index is 12.9. The Kier molecular flexibility index (Phi) is 3.98. The predicted molar refractivity (Wildman–Crippen MR) is 88.5 cm³/mol. The van der Waals surface area contributed by atoms with Crippen LogP contribution in [-0.2, 0) is 4.74 Å². The van der Waals surface area contributed by atoms with Gasteiger partial charge in [0.05, 0.1) is 31.5 Å². The van der Waals surface area contributed by atoms with Crippen LogP contribution in [0.3, 0.4) is 0 Å². The highest BCUT2D eigenvalue weighted by molar-refractivity contribution is 5.92. The van der Waals surface area contributed by atoms with Gasteiger partial charge < -0.3 is 14.4 Å². The Labute approximate surface area is 141 Å². The van der Waals surface area contributed by atoms with Crippen molar-refractivity contribution in [3.63, 3.8) is 0 Å². The van der Waals surface area contributed by atoms with E-state index in [1.54, 1.807) is 17.9 Å². The molecule has 6 heteroatoms. The molecular weight excluding hydrogens is 306 g/mol. The van der Waals surface area contributed by atoms with E-state index in [4.69, 9.17) is 9.47 Å². The van der Waals surface area contributed by atoms with Crippen molar-refractivity contribution in [3.05, 3.63) is 42.2 Å². The second kappa shape index (κ2) is 6.28. The quantitative estimate of drug-likeness (QED) is 0.868. The first-order valence-electron chi connectivity index (χ1n) is 8.39. The third-order valence-electron chi connectivity index (χ3n) is 4.89. The number of morpholine rings is 1. The summed E-state index contributed by atoms with van der Waals surface area (Å²) in [5, 5.41) is 4.47. The minimum Gasteiger partial charge on any atom is -0.497 e. The normalized spacial score (nSPS) is 23.1. The molecule has 2 aliphatic rings. The molecule has 1 saturated heterocycles. The van der Waals surface area contributed by atoms with E-state index < -0.39 is 0 Å². The highest BCUT2D eigenvalue weighted by atomic mass is 16.5. The highest BCUT2D eigenvalue weighted by Gasteiger charge is 2.39. The monoisotopic (exact) mass is 327 g/mol. The molecule has 1 aromatic heterocycles. The highest BCUT2D eigenvalue weighted by Crippen LogP contribution is 2.30. The molecule has 126 valence electrons. The van der Waals surface area contributed by atoms with E-state index in [0.29, 0.717) is 18.8 Å². The zero-order chi connectivity index (χ0) is 16.5. The molecule has 1 saturated carbocycles. The summed E-state index contributed by atoms with van der Waals surface area (Å²) in [6, 6.07) is 9.58. The number of hydrogen-bond acceptors (Lipinski definition) is 4. The molecule has 4 rings (SSSR count). The Morgan fingerprint density at radius 3 is 2.88 bits per heavy atom. The first-order chi connectivity index (χ1) is 11.8. The molecule has 2 heterocycles. The molecular formula is C18H21N3O3. The summed E-state index contributed by atoms with van der Waals surface area (Å²) in [6.45, 7) is 1.27. The Hall–Kier alpha value is -2.34. The number of rotatable bonds is 3. The van der Waals surface area contributed by atoms with Crippen molar-refractivity contribution in [1.82, 2.24) is 14.7 Å². The maximum Gasteiger partial charge on any atom is 0.274 e. The number of hydrogen-bond donors (Lipinski definition) is 0. The van der Waals surface area contributed by atoms with Crippen LogP contribution in [0.2, 0.25) is 0 Å². The van der Waals surface area contributed by atoms with Gasteiger partial charge in [0, 0.05) is 12.7 Å². The second-order valence-electron chi connectivity index (χ2n) is 6.25. The molecule has 0 N–H and O–H groups in total. The number of carbonyl (C=O) groups is 1. The summed E-state index contributed by atoms with van der Waals surface area (Å²) in [5.41, 5.74) is 1.38. The van der Waals surface area contributed by atoms with Gasteiger partial charge in [0.15, 0.2) is 5.69 Å². The van der Waals surface area contributed by atoms with Crippen molar-refractivity contribution in [2.75, 3.05) is 20.3 Å². The fraction of sp³-hybridized carbons (Fsp3) is 0.444. The lowest BCUT2D eigenvalue weighted by Gasteiger charge is -2.37. The van der Waals surface area contributed by atoms with Crippen LogP contribution in [0.1, 0.15) is 29.8 Å². The number of fused-ring (bicyclic) bond motifs is 1. The van der Waals surface area contributed by atoms with Crippen LogP contribution in [-0.4, -0.2) is 53.0 Å². The van der Waals surface area contributed by atoms with Crippen LogP contribution in [0.15, 0.2) is 36.5 Å². The van der Waals surface area contributed by atoms with E-state index in [1.165, 1.54) is 0 Å². The van der Waals surface area contributed by atoms with Crippen molar-refractivity contribution in [2.24, 2.45) is 0 Å². The summed E-state index contributed by atoms with van der Waals surface area (Å²) in [5.74, 6) is 0.797. The van der Waals surface area contributed by atoms with Gasteiger partial charge in [-0.1, -0.05) is 0 Å². The van der Waals surface area contributed by atoms with E-state index in [1.807, 2.05) is 35.4 Å². The third kappa shape index (κ3) is 2.67. The van der Waals surface area contributed by atoms with Crippen molar-refractivity contribution in [2.45, 2.75) is 31.4 Å². The van der Waals surface area contributed by atoms with E-state index in [9.17, 15) is 4.79 Å². The van der Waals surface area contributed by atoms with E-state index in [0.717, 1.165) is 30.7 Å². The second-order valence-corrected chi connectivity index (χ2v) is 6.25. The zero-order valence-electron chi connectivity index (χ0n) is 13.7. The summed E-state index contributed by atoms with van der Waals surface area (Å²) >= 11 is 0. The predicted octanol–water partition coefficient (Wildman–Crippen LogP) is 2.27. The average Bonchev–Trinajstić information content (AvgIpc) is 3.30. The van der Waals surface area contributed by atoms with Crippen LogP contribution in [0.4, 0.5) is 0 Å². The Morgan fingerprint density at radius 1 is 1.25 bits per heavy atom. The van der Waals surface area contributed by atoms with Gasteiger partial charge in [-0.2, -0.15) is 5.10 Å². The Bertz CT molecular complexity index is 725. The van der Waals surface area contributed by atoms with Gasteiger partial charge in [0.25, 0.3) is 5.91 Å². The molecule has 2 unspecified atom stereocenters. The van der Waals surface area contributed by atoms with Crippen LogP contribution >= 0.6 is 0 Å². The standard InChI is InChI=1S/C18H21N3O3/c1-23-14-7-5-13(6-8-14)21-10-9-15(19-21)18(22)20-11-12-24-17-4-2-3-16(17)20/h5-10,16-17H,2-4,11-12H2,1H3. The molecule has 2 aromatic rings. The van der Waals surface area contributed by atoms with Gasteiger partial charge >= 0.3 is 0 Å². The van der Waals surface area contributed by atoms with Gasteiger partial charge in [-0.15, -0.1) is 0 Å². The number of aromatic nitrogens is 2. The van der Waals surface area contributed by atoms with E-state index in [2.05, 4.69) is 5.10 Å². The minimum atomic E-state index is 0.00228. The van der Waals surface area contributed by atoms with Gasteiger partial charge in [0.2, 0.25) is 0 Å². The first-order valence-corrected chi connectivity index (χ1v) is 8.39. The van der Waals surface area contributed by atoms with Crippen LogP contribution in [0, 0.1) is 0 Å². The van der Waals surface area contributed by atoms with Gasteiger partial charge in [-0.25, -0.2) is 4.68 Å². The summed E-state index contributed by atoms with van der Waals surface area (Å²) in [4.78, 5) is 14.8. The molecule has 1 aliphatic heterocycles. The number of carbonyl (C=O) groups excluding carboxylic acids is 1. The fourth-order valence-electron chi connectivity index (χ4n) is 3.64. The van der Waals surface area contributed by atoms with Crippen molar-refractivity contribution in [1.29, 1.82) is 0 Å². The largest absolute Gasteiger partial charge is 0.497 e. The number of methoxy groups -OCH3 is 1. The molecule has 6 nitrogen and oxygen atoms in total. The van der Waals surface area contributed by atoms with Crippen LogP contribution < -0.4 is 4.74 Å². The lowest BCUT2D eigenvalue weighted by molar-refractivity contribution is -0.0447. The number of ether oxygens (including phenoxy) is 2. The Morgan fingerprint density at radius 2 is 2.08 bits per heavy atom. The lowest BCUT2D eigenvalue weighted by Crippen LogP contribution is -2.51. The minimum absolute atomic E-state index is 0.00228. The molecule has 2 fully saturated rings. The molecule has 1 aromatic carbocycles. The van der Waals surface area contributed by atoms with Gasteiger partial charge in [-0.05, 0) is 49.6 Å². The summed E-state index contributed by atoms with van der Waals surface area (Å²) in [6.07, 6.45) is 5.22. The maximum atomic E-state index is 12.9. The molecule has 24 heavy (non-hydrogen) atoms. The number of benzene rings is 1. The van der Waals surface area contributed by atoms with E-state index >= 15 is 0 Å². The van der Waals surface area contributed by atoms with Crippen molar-refractivity contribution < 1.29 is 14.3 Å². The molecule has 0 spiro atoms. The van der Waals surface area contributed by atoms with Crippen molar-refractivity contribution in [3.8, 4) is 11.4 Å². The lowest BCUT2D eigenvalue weighted by atomic mass is 10.1. The van der Waals surface area contributed by atoms with E-state index in [-0.39, 0.29) is 18.1 Å². The topological polar surface area (TPSA) is 56.6 Å². The first kappa shape index (κ1) is 15.2. The van der Waals surface area contributed by atoms with Crippen LogP contribution in [0.25, 0.3) is 5.69 Å². The summed E-state index contributed by atoms with van der Waals surface area (Å²) < 4.78 is 12.7. The van der Waals surface area contributed by atoms with Crippen LogP contribution in [0.5, 0.6) is 5.75 Å². The SMILES string of the molecule is COc1ccc(-n2ccc(C(=O)N3CCOC4CCCC43)n2)cc1. The zero-order valence-corrected chi connectivity index (χ0v) is 13.7. The smallest absolute Gasteiger partial charge is 0.274 e. The molecule has 1 amide bonds. The fourth-order valence-corrected chi connectivity index (χ4v) is 3.64. The van der Waals surface area contributed by atoms with Gasteiger partial charge in [-0.3, -0.25) is 4.79 Å². The Balaban J connectivity index is 1.54. The molecule has 2 atom stereocenters. The third-order valence-corrected chi connectivity index (χ3v) is 4.89. The molecule has 0 bridgehead atoms. The number of nitrogens with zero attached hydrogens (tertiary/aromatic N) is 3. The van der Waals surface area contributed by atoms with Gasteiger partial charge in [0.1, 0.15) is 5.75 Å². The molecule has 1 aliphatic carbocycles. The average molecular weight is 327 g/mol. The number of amides is 1. The molecule has 0 radical (unpaired) electrons. The summed E-state index contributed by atoms with van der Waals surface area (Å²) in [7, 11) is 1.64.